The van der Waals surface area contributed by atoms with Crippen LogP contribution < -0.4 is 14.2 Å². The molecule has 1 aromatic heterocycles. The van der Waals surface area contributed by atoms with Gasteiger partial charge in [0, 0.05) is 16.1 Å². The number of methoxy groups -OCH3 is 1. The van der Waals surface area contributed by atoms with Crippen molar-refractivity contribution in [2.24, 2.45) is 0 Å². The molecular weight excluding hydrogens is 428 g/mol. The lowest BCUT2D eigenvalue weighted by Crippen LogP contribution is -2.07. The molecule has 0 saturated carbocycles. The van der Waals surface area contributed by atoms with Crippen LogP contribution in [0.25, 0.3) is 6.08 Å². The lowest BCUT2D eigenvalue weighted by molar-refractivity contribution is 0.0701. The summed E-state index contributed by atoms with van der Waals surface area (Å²) in [4.78, 5) is 24.6. The molecule has 1 aliphatic rings. The SMILES string of the molecule is COc1ccc(Br)cc1/C=C1\Oc2cc(OC(=O)c3ccco3)ccc2C1=O. The number of rotatable bonds is 4. The molecule has 1 aliphatic heterocycles. The van der Waals surface area contributed by atoms with Gasteiger partial charge in [0.05, 0.1) is 18.9 Å². The quantitative estimate of drug-likeness (QED) is 0.326. The molecule has 0 spiro atoms. The molecule has 2 heterocycles. The number of carbonyl (C=O) groups is 2. The first-order valence-corrected chi connectivity index (χ1v) is 9.02. The van der Waals surface area contributed by atoms with E-state index in [9.17, 15) is 9.59 Å². The summed E-state index contributed by atoms with van der Waals surface area (Å²) >= 11 is 3.40. The van der Waals surface area contributed by atoms with Gasteiger partial charge in [-0.2, -0.15) is 0 Å². The molecule has 2 aromatic carbocycles. The minimum absolute atomic E-state index is 0.0832. The molecule has 7 heteroatoms. The van der Waals surface area contributed by atoms with Crippen molar-refractivity contribution in [3.05, 3.63) is 81.9 Å². The predicted octanol–water partition coefficient (Wildman–Crippen LogP) is 4.89. The predicted molar refractivity (Wildman–Crippen MR) is 104 cm³/mol. The Hall–Kier alpha value is -3.32. The first-order valence-electron chi connectivity index (χ1n) is 8.22. The zero-order valence-corrected chi connectivity index (χ0v) is 16.2. The van der Waals surface area contributed by atoms with Crippen LogP contribution in [0.15, 0.2) is 69.4 Å². The van der Waals surface area contributed by atoms with E-state index in [1.807, 2.05) is 12.1 Å². The molecule has 0 N–H and O–H groups in total. The van der Waals surface area contributed by atoms with Crippen LogP contribution >= 0.6 is 15.9 Å². The standard InChI is InChI=1S/C21H13BrO6/c1-25-16-7-4-13(22)9-12(16)10-19-20(23)15-6-5-14(11-18(15)28-19)27-21(24)17-3-2-8-26-17/h2-11H,1H3/b19-10-. The van der Waals surface area contributed by atoms with Gasteiger partial charge in [0.25, 0.3) is 0 Å². The summed E-state index contributed by atoms with van der Waals surface area (Å²) in [6, 6.07) is 13.1. The van der Waals surface area contributed by atoms with Gasteiger partial charge >= 0.3 is 5.97 Å². The van der Waals surface area contributed by atoms with Gasteiger partial charge in [0.15, 0.2) is 5.76 Å². The fraction of sp³-hybridized carbons (Fsp3) is 0.0476. The number of benzene rings is 2. The van der Waals surface area contributed by atoms with E-state index in [1.165, 1.54) is 24.5 Å². The van der Waals surface area contributed by atoms with Crippen molar-refractivity contribution in [1.82, 2.24) is 0 Å². The van der Waals surface area contributed by atoms with Crippen molar-refractivity contribution in [3.63, 3.8) is 0 Å². The molecule has 0 fully saturated rings. The van der Waals surface area contributed by atoms with E-state index in [0.29, 0.717) is 22.6 Å². The summed E-state index contributed by atoms with van der Waals surface area (Å²) < 4.78 is 22.1. The van der Waals surface area contributed by atoms with Gasteiger partial charge in [-0.05, 0) is 48.5 Å². The molecule has 0 aliphatic carbocycles. The lowest BCUT2D eigenvalue weighted by atomic mass is 10.1. The van der Waals surface area contributed by atoms with Gasteiger partial charge in [0.1, 0.15) is 17.2 Å². The van der Waals surface area contributed by atoms with Crippen LogP contribution in [0.5, 0.6) is 17.2 Å². The lowest BCUT2D eigenvalue weighted by Gasteiger charge is -2.06. The number of hydrogen-bond acceptors (Lipinski definition) is 6. The number of fused-ring (bicyclic) bond motifs is 1. The zero-order chi connectivity index (χ0) is 19.7. The summed E-state index contributed by atoms with van der Waals surface area (Å²) in [6.45, 7) is 0. The molecule has 0 atom stereocenters. The maximum absolute atomic E-state index is 12.6. The maximum Gasteiger partial charge on any atom is 0.379 e. The average Bonchev–Trinajstić information content (AvgIpc) is 3.31. The summed E-state index contributed by atoms with van der Waals surface area (Å²) in [5.74, 6) is 0.505. The Balaban J connectivity index is 1.60. The van der Waals surface area contributed by atoms with E-state index >= 15 is 0 Å². The highest BCUT2D eigenvalue weighted by Crippen LogP contribution is 2.36. The third-order valence-corrected chi connectivity index (χ3v) is 4.55. The Bertz CT molecular complexity index is 1100. The molecule has 0 saturated heterocycles. The summed E-state index contributed by atoms with van der Waals surface area (Å²) in [5, 5.41) is 0. The van der Waals surface area contributed by atoms with Crippen LogP contribution in [0.4, 0.5) is 0 Å². The zero-order valence-electron chi connectivity index (χ0n) is 14.6. The molecule has 0 amide bonds. The topological polar surface area (TPSA) is 75.0 Å². The average molecular weight is 441 g/mol. The highest BCUT2D eigenvalue weighted by molar-refractivity contribution is 9.10. The molecule has 28 heavy (non-hydrogen) atoms. The molecule has 4 rings (SSSR count). The van der Waals surface area contributed by atoms with E-state index in [1.54, 1.807) is 31.4 Å². The number of ether oxygens (including phenoxy) is 3. The van der Waals surface area contributed by atoms with Crippen molar-refractivity contribution in [2.75, 3.05) is 7.11 Å². The Kier molecular flexibility index (Phi) is 4.75. The highest BCUT2D eigenvalue weighted by Gasteiger charge is 2.28. The largest absolute Gasteiger partial charge is 0.496 e. The maximum atomic E-state index is 12.6. The first-order chi connectivity index (χ1) is 13.5. The third kappa shape index (κ3) is 3.44. The van der Waals surface area contributed by atoms with Crippen LogP contribution in [0.1, 0.15) is 26.5 Å². The van der Waals surface area contributed by atoms with E-state index in [-0.39, 0.29) is 23.1 Å². The third-order valence-electron chi connectivity index (χ3n) is 4.05. The van der Waals surface area contributed by atoms with Gasteiger partial charge in [-0.25, -0.2) is 4.79 Å². The number of esters is 1. The van der Waals surface area contributed by atoms with Crippen LogP contribution in [-0.2, 0) is 0 Å². The Labute approximate surface area is 168 Å². The van der Waals surface area contributed by atoms with Crippen molar-refractivity contribution >= 4 is 33.8 Å². The van der Waals surface area contributed by atoms with Crippen LogP contribution in [-0.4, -0.2) is 18.9 Å². The van der Waals surface area contributed by atoms with E-state index in [0.717, 1.165) is 4.47 Å². The second kappa shape index (κ2) is 7.36. The van der Waals surface area contributed by atoms with Crippen molar-refractivity contribution in [2.45, 2.75) is 0 Å². The van der Waals surface area contributed by atoms with Crippen LogP contribution in [0.3, 0.4) is 0 Å². The number of allylic oxidation sites excluding steroid dienone is 1. The van der Waals surface area contributed by atoms with Crippen LogP contribution in [0.2, 0.25) is 0 Å². The fourth-order valence-electron chi connectivity index (χ4n) is 2.74. The molecule has 0 radical (unpaired) electrons. The molecular formula is C21H13BrO6. The van der Waals surface area contributed by atoms with Crippen LogP contribution in [0, 0.1) is 0 Å². The van der Waals surface area contributed by atoms with Crippen molar-refractivity contribution in [1.29, 1.82) is 0 Å². The Morgan fingerprint density at radius 2 is 2.00 bits per heavy atom. The highest BCUT2D eigenvalue weighted by atomic mass is 79.9. The molecule has 6 nitrogen and oxygen atoms in total. The number of hydrogen-bond donors (Lipinski definition) is 0. The Morgan fingerprint density at radius 3 is 2.75 bits per heavy atom. The molecule has 0 unspecified atom stereocenters. The molecule has 3 aromatic rings. The second-order valence-corrected chi connectivity index (χ2v) is 6.77. The normalized spacial score (nSPS) is 13.9. The number of Topliss-reactive ketones (excluding diaryl/α,β-unsaturated/α-hetero) is 1. The smallest absolute Gasteiger partial charge is 0.379 e. The number of furan rings is 1. The molecule has 140 valence electrons. The van der Waals surface area contributed by atoms with Gasteiger partial charge in [-0.1, -0.05) is 15.9 Å². The summed E-state index contributed by atoms with van der Waals surface area (Å²) in [7, 11) is 1.55. The monoisotopic (exact) mass is 440 g/mol. The van der Waals surface area contributed by atoms with Gasteiger partial charge in [-0.15, -0.1) is 0 Å². The van der Waals surface area contributed by atoms with Crippen molar-refractivity contribution in [3.8, 4) is 17.2 Å². The van der Waals surface area contributed by atoms with E-state index in [2.05, 4.69) is 15.9 Å². The second-order valence-electron chi connectivity index (χ2n) is 5.85. The van der Waals surface area contributed by atoms with Gasteiger partial charge in [-0.3, -0.25) is 4.79 Å². The first kappa shape index (κ1) is 18.1. The van der Waals surface area contributed by atoms with Gasteiger partial charge < -0.3 is 18.6 Å². The number of halogens is 1. The van der Waals surface area contributed by atoms with Crippen molar-refractivity contribution < 1.29 is 28.2 Å². The minimum atomic E-state index is -0.635. The fourth-order valence-corrected chi connectivity index (χ4v) is 3.12. The van der Waals surface area contributed by atoms with E-state index in [4.69, 9.17) is 18.6 Å². The van der Waals surface area contributed by atoms with E-state index < -0.39 is 5.97 Å². The molecule has 0 bridgehead atoms. The number of ketones is 1. The number of carbonyl (C=O) groups excluding carboxylic acids is 2. The van der Waals surface area contributed by atoms with Gasteiger partial charge in [0.2, 0.25) is 11.5 Å². The minimum Gasteiger partial charge on any atom is -0.496 e. The summed E-state index contributed by atoms with van der Waals surface area (Å²) in [6.07, 6.45) is 2.99. The Morgan fingerprint density at radius 1 is 1.14 bits per heavy atom. The summed E-state index contributed by atoms with van der Waals surface area (Å²) in [5.41, 5.74) is 1.08.